The van der Waals surface area contributed by atoms with Gasteiger partial charge in [0.1, 0.15) is 0 Å². The van der Waals surface area contributed by atoms with E-state index >= 15 is 0 Å². The van der Waals surface area contributed by atoms with Gasteiger partial charge in [-0.3, -0.25) is 0 Å². The highest BCUT2D eigenvalue weighted by atomic mass is 14.4. The van der Waals surface area contributed by atoms with Crippen LogP contribution >= 0.6 is 0 Å². The average Bonchev–Trinajstić information content (AvgIpc) is 2.44. The van der Waals surface area contributed by atoms with Gasteiger partial charge in [0.15, 0.2) is 0 Å². The molecule has 0 saturated heterocycles. The zero-order valence-corrected chi connectivity index (χ0v) is 15.0. The van der Waals surface area contributed by atoms with E-state index in [1.807, 2.05) is 27.7 Å². The predicted molar refractivity (Wildman–Crippen MR) is 89.3 cm³/mol. The molecule has 1 fully saturated rings. The number of hydrogen-bond donors (Lipinski definition) is 0. The summed E-state index contributed by atoms with van der Waals surface area (Å²) >= 11 is 0. The first kappa shape index (κ1) is 23.1. The van der Waals surface area contributed by atoms with E-state index in [-0.39, 0.29) is 0 Å². The van der Waals surface area contributed by atoms with Gasteiger partial charge in [0, 0.05) is 0 Å². The fourth-order valence-corrected chi connectivity index (χ4v) is 2.35. The van der Waals surface area contributed by atoms with Crippen LogP contribution in [0.2, 0.25) is 0 Å². The molecule has 0 radical (unpaired) electrons. The Morgan fingerprint density at radius 3 is 1.44 bits per heavy atom. The molecule has 0 heteroatoms. The van der Waals surface area contributed by atoms with E-state index in [2.05, 4.69) is 34.6 Å². The third-order valence-corrected chi connectivity index (χ3v) is 3.80. The highest BCUT2D eigenvalue weighted by Crippen LogP contribution is 2.43. The molecule has 1 aliphatic rings. The van der Waals surface area contributed by atoms with Gasteiger partial charge < -0.3 is 0 Å². The molecule has 1 saturated carbocycles. The van der Waals surface area contributed by atoms with Crippen molar-refractivity contribution in [3.63, 3.8) is 0 Å². The van der Waals surface area contributed by atoms with Crippen LogP contribution in [0.4, 0.5) is 0 Å². The molecule has 1 unspecified atom stereocenters. The molecule has 0 bridgehead atoms. The fourth-order valence-electron chi connectivity index (χ4n) is 2.35. The lowest BCUT2D eigenvalue weighted by Crippen LogP contribution is -2.27. The van der Waals surface area contributed by atoms with E-state index in [0.29, 0.717) is 5.41 Å². The molecule has 0 aromatic carbocycles. The molecule has 0 amide bonds. The summed E-state index contributed by atoms with van der Waals surface area (Å²) in [5.41, 5.74) is 0.688. The van der Waals surface area contributed by atoms with E-state index in [1.54, 1.807) is 0 Å². The number of hydrogen-bond acceptors (Lipinski definition) is 0. The van der Waals surface area contributed by atoms with Crippen LogP contribution in [0, 0.1) is 11.3 Å². The van der Waals surface area contributed by atoms with Crippen molar-refractivity contribution >= 4 is 0 Å². The largest absolute Gasteiger partial charge is 0.0683 e. The van der Waals surface area contributed by atoms with Crippen molar-refractivity contribution in [3.05, 3.63) is 0 Å². The summed E-state index contributed by atoms with van der Waals surface area (Å²) < 4.78 is 0. The minimum Gasteiger partial charge on any atom is -0.0683 e. The molecular weight excluding hydrogens is 216 g/mol. The molecule has 114 valence electrons. The Hall–Kier alpha value is 0. The molecule has 1 aliphatic carbocycles. The Morgan fingerprint density at radius 1 is 0.833 bits per heavy atom. The van der Waals surface area contributed by atoms with Crippen molar-refractivity contribution in [1.82, 2.24) is 0 Å². The van der Waals surface area contributed by atoms with Crippen LogP contribution in [-0.4, -0.2) is 0 Å². The molecule has 0 spiro atoms. The lowest BCUT2D eigenvalue weighted by atomic mass is 9.67. The minimum absolute atomic E-state index is 0.688. The molecule has 0 heterocycles. The molecule has 0 aromatic heterocycles. The summed E-state index contributed by atoms with van der Waals surface area (Å²) in [6, 6.07) is 0. The van der Waals surface area contributed by atoms with Gasteiger partial charge in [0.05, 0.1) is 0 Å². The second-order valence-electron chi connectivity index (χ2n) is 5.23. The monoisotopic (exact) mass is 258 g/mol. The smallest absolute Gasteiger partial charge is 0.0300 e. The quantitative estimate of drug-likeness (QED) is 0.482. The maximum absolute atomic E-state index is 2.49. The molecule has 0 nitrogen and oxygen atoms in total. The van der Waals surface area contributed by atoms with Gasteiger partial charge in [-0.1, -0.05) is 94.4 Å². The average molecular weight is 259 g/mol. The summed E-state index contributed by atoms with van der Waals surface area (Å²) in [5, 5.41) is 0. The Bertz CT molecular complexity index is 120. The third-order valence-electron chi connectivity index (χ3n) is 3.80. The van der Waals surface area contributed by atoms with Crippen LogP contribution < -0.4 is 0 Å². The SMILES string of the molecule is CC.CC.CCC.CCC(C)C1(C)CCCCC1. The van der Waals surface area contributed by atoms with Crippen LogP contribution in [-0.2, 0) is 0 Å². The lowest BCUT2D eigenvalue weighted by Gasteiger charge is -2.38. The summed E-state index contributed by atoms with van der Waals surface area (Å²) in [7, 11) is 0. The van der Waals surface area contributed by atoms with Crippen LogP contribution in [0.15, 0.2) is 0 Å². The molecule has 0 aliphatic heterocycles. The first-order chi connectivity index (χ1) is 8.60. The highest BCUT2D eigenvalue weighted by Gasteiger charge is 2.31. The third kappa shape index (κ3) is 11.1. The Labute approximate surface area is 119 Å². The first-order valence-corrected chi connectivity index (χ1v) is 8.60. The first-order valence-electron chi connectivity index (χ1n) is 8.60. The van der Waals surface area contributed by atoms with E-state index in [1.165, 1.54) is 44.9 Å². The predicted octanol–water partition coefficient (Wildman–Crippen LogP) is 7.47. The van der Waals surface area contributed by atoms with Crippen molar-refractivity contribution in [3.8, 4) is 0 Å². The van der Waals surface area contributed by atoms with Gasteiger partial charge in [-0.2, -0.15) is 0 Å². The summed E-state index contributed by atoms with van der Waals surface area (Å²) in [5.74, 6) is 0.933. The van der Waals surface area contributed by atoms with Crippen molar-refractivity contribution in [2.75, 3.05) is 0 Å². The lowest BCUT2D eigenvalue weighted by molar-refractivity contribution is 0.127. The molecule has 0 aromatic rings. The molecule has 0 N–H and O–H groups in total. The molecule has 18 heavy (non-hydrogen) atoms. The van der Waals surface area contributed by atoms with E-state index in [4.69, 9.17) is 0 Å². The topological polar surface area (TPSA) is 0 Å². The zero-order valence-electron chi connectivity index (χ0n) is 15.0. The van der Waals surface area contributed by atoms with Crippen LogP contribution in [0.1, 0.15) is 107 Å². The van der Waals surface area contributed by atoms with Crippen LogP contribution in [0.3, 0.4) is 0 Å². The second-order valence-corrected chi connectivity index (χ2v) is 5.23. The van der Waals surface area contributed by atoms with Gasteiger partial charge in [0.2, 0.25) is 0 Å². The van der Waals surface area contributed by atoms with E-state index in [0.717, 1.165) is 5.92 Å². The van der Waals surface area contributed by atoms with Crippen molar-refractivity contribution < 1.29 is 0 Å². The van der Waals surface area contributed by atoms with Gasteiger partial charge in [0.25, 0.3) is 0 Å². The van der Waals surface area contributed by atoms with Gasteiger partial charge in [-0.15, -0.1) is 0 Å². The Kier molecular flexibility index (Phi) is 21.8. The molecular formula is C18H42. The maximum atomic E-state index is 2.49. The van der Waals surface area contributed by atoms with Crippen LogP contribution in [0.5, 0.6) is 0 Å². The van der Waals surface area contributed by atoms with Gasteiger partial charge in [-0.25, -0.2) is 0 Å². The van der Waals surface area contributed by atoms with E-state index < -0.39 is 0 Å². The van der Waals surface area contributed by atoms with Crippen molar-refractivity contribution in [2.45, 2.75) is 107 Å². The van der Waals surface area contributed by atoms with Gasteiger partial charge >= 0.3 is 0 Å². The summed E-state index contributed by atoms with van der Waals surface area (Å²) in [4.78, 5) is 0. The standard InChI is InChI=1S/C11H22.C3H8.2C2H6/c1-4-10(2)11(3)8-6-5-7-9-11;1-3-2;2*1-2/h10H,4-9H2,1-3H3;3H2,1-2H3;2*1-2H3. The fraction of sp³-hybridized carbons (Fsp3) is 1.00. The molecule has 1 atom stereocenters. The van der Waals surface area contributed by atoms with Crippen molar-refractivity contribution in [2.24, 2.45) is 11.3 Å². The van der Waals surface area contributed by atoms with Crippen LogP contribution in [0.25, 0.3) is 0 Å². The summed E-state index contributed by atoms with van der Waals surface area (Å²) in [6.45, 7) is 19.5. The van der Waals surface area contributed by atoms with Gasteiger partial charge in [-0.05, 0) is 24.2 Å². The maximum Gasteiger partial charge on any atom is -0.0300 e. The van der Waals surface area contributed by atoms with Crippen molar-refractivity contribution in [1.29, 1.82) is 0 Å². The highest BCUT2D eigenvalue weighted by molar-refractivity contribution is 4.82. The molecule has 1 rings (SSSR count). The zero-order chi connectivity index (χ0) is 15.0. The minimum atomic E-state index is 0.688. The normalized spacial score (nSPS) is 17.8. The number of rotatable bonds is 2. The second kappa shape index (κ2) is 17.0. The Morgan fingerprint density at radius 2 is 1.17 bits per heavy atom. The summed E-state index contributed by atoms with van der Waals surface area (Å²) in [6.07, 6.45) is 9.98. The Balaban J connectivity index is -0.000000274. The van der Waals surface area contributed by atoms with E-state index in [9.17, 15) is 0 Å².